The van der Waals surface area contributed by atoms with Gasteiger partial charge >= 0.3 is 10.4 Å². The van der Waals surface area contributed by atoms with Crippen LogP contribution in [0, 0.1) is 5.92 Å². The summed E-state index contributed by atoms with van der Waals surface area (Å²) in [5.41, 5.74) is 0. The van der Waals surface area contributed by atoms with E-state index in [9.17, 15) is 8.42 Å². The fraction of sp³-hybridized carbons (Fsp3) is 1.00. The smallest absolute Gasteiger partial charge is 0.264 e. The molecule has 5 heteroatoms. The lowest BCUT2D eigenvalue weighted by molar-refractivity contribution is 0.210. The molecule has 0 aromatic rings. The molecule has 86 valence electrons. The van der Waals surface area contributed by atoms with E-state index in [-0.39, 0.29) is 12.5 Å². The minimum absolute atomic E-state index is 0.0963. The van der Waals surface area contributed by atoms with E-state index in [0.29, 0.717) is 0 Å². The number of unbranched alkanes of at least 4 members (excludes halogenated alkanes) is 2. The third kappa shape index (κ3) is 8.47. The predicted molar refractivity (Wildman–Crippen MR) is 55.4 cm³/mol. The quantitative estimate of drug-likeness (QED) is 0.508. The molecule has 0 amide bonds. The zero-order chi connectivity index (χ0) is 11.0. The van der Waals surface area contributed by atoms with E-state index in [1.54, 1.807) is 0 Å². The molecular formula is C9H20O4S. The van der Waals surface area contributed by atoms with Crippen LogP contribution in [-0.2, 0) is 14.6 Å². The molecular weight excluding hydrogens is 204 g/mol. The summed E-state index contributed by atoms with van der Waals surface area (Å²) in [5.74, 6) is 0.225. The molecule has 0 bridgehead atoms. The van der Waals surface area contributed by atoms with Crippen molar-refractivity contribution >= 4 is 10.4 Å². The molecule has 0 spiro atoms. The van der Waals surface area contributed by atoms with Gasteiger partial charge in [-0.25, -0.2) is 4.18 Å². The standard InChI is InChI=1S/C9H20O4S/c1-3-5-6-7-9(4-2)8-13-14(10,11)12/h9H,3-8H2,1-2H3,(H,10,11,12). The number of rotatable bonds is 8. The molecule has 4 nitrogen and oxygen atoms in total. The molecule has 0 heterocycles. The van der Waals surface area contributed by atoms with Crippen LogP contribution >= 0.6 is 0 Å². The molecule has 1 unspecified atom stereocenters. The van der Waals surface area contributed by atoms with Gasteiger partial charge in [0.25, 0.3) is 0 Å². The van der Waals surface area contributed by atoms with Gasteiger partial charge in [-0.05, 0) is 12.3 Å². The summed E-state index contributed by atoms with van der Waals surface area (Å²) in [6.07, 6.45) is 5.22. The lowest BCUT2D eigenvalue weighted by Gasteiger charge is -2.12. The Balaban J connectivity index is 3.69. The summed E-state index contributed by atoms with van der Waals surface area (Å²) in [4.78, 5) is 0. The summed E-state index contributed by atoms with van der Waals surface area (Å²) in [7, 11) is -4.26. The van der Waals surface area contributed by atoms with Crippen LogP contribution in [0.4, 0.5) is 0 Å². The maximum absolute atomic E-state index is 10.3. The van der Waals surface area contributed by atoms with Crippen LogP contribution in [0.1, 0.15) is 46.0 Å². The van der Waals surface area contributed by atoms with Crippen LogP contribution in [0.5, 0.6) is 0 Å². The first-order valence-electron chi connectivity index (χ1n) is 5.11. The monoisotopic (exact) mass is 224 g/mol. The first-order chi connectivity index (χ1) is 6.49. The van der Waals surface area contributed by atoms with Gasteiger partial charge in [0.2, 0.25) is 0 Å². The molecule has 0 saturated heterocycles. The van der Waals surface area contributed by atoms with E-state index in [4.69, 9.17) is 4.55 Å². The van der Waals surface area contributed by atoms with Crippen molar-refractivity contribution in [2.24, 2.45) is 5.92 Å². The molecule has 0 aliphatic carbocycles. The molecule has 0 saturated carbocycles. The van der Waals surface area contributed by atoms with E-state index in [1.807, 2.05) is 6.92 Å². The first kappa shape index (κ1) is 13.9. The van der Waals surface area contributed by atoms with Gasteiger partial charge in [0, 0.05) is 0 Å². The molecule has 0 aromatic carbocycles. The maximum Gasteiger partial charge on any atom is 0.397 e. The van der Waals surface area contributed by atoms with Crippen molar-refractivity contribution in [3.05, 3.63) is 0 Å². The molecule has 0 aromatic heterocycles. The van der Waals surface area contributed by atoms with Gasteiger partial charge in [0.1, 0.15) is 0 Å². The second-order valence-corrected chi connectivity index (χ2v) is 4.57. The van der Waals surface area contributed by atoms with Crippen molar-refractivity contribution in [2.45, 2.75) is 46.0 Å². The molecule has 0 rings (SSSR count). The highest BCUT2D eigenvalue weighted by Gasteiger charge is 2.11. The lowest BCUT2D eigenvalue weighted by Crippen LogP contribution is -2.13. The van der Waals surface area contributed by atoms with Crippen LogP contribution in [0.15, 0.2) is 0 Å². The highest BCUT2D eigenvalue weighted by Crippen LogP contribution is 2.14. The number of hydrogen-bond acceptors (Lipinski definition) is 3. The van der Waals surface area contributed by atoms with Gasteiger partial charge in [-0.15, -0.1) is 0 Å². The van der Waals surface area contributed by atoms with Crippen LogP contribution < -0.4 is 0 Å². The van der Waals surface area contributed by atoms with Crippen LogP contribution in [0.25, 0.3) is 0 Å². The zero-order valence-corrected chi connectivity index (χ0v) is 9.72. The van der Waals surface area contributed by atoms with E-state index in [1.165, 1.54) is 0 Å². The molecule has 14 heavy (non-hydrogen) atoms. The van der Waals surface area contributed by atoms with E-state index >= 15 is 0 Å². The van der Waals surface area contributed by atoms with E-state index in [2.05, 4.69) is 11.1 Å². The van der Waals surface area contributed by atoms with E-state index < -0.39 is 10.4 Å². The minimum Gasteiger partial charge on any atom is -0.264 e. The highest BCUT2D eigenvalue weighted by atomic mass is 32.3. The molecule has 0 fully saturated rings. The average molecular weight is 224 g/mol. The second-order valence-electron chi connectivity index (χ2n) is 3.48. The largest absolute Gasteiger partial charge is 0.397 e. The Morgan fingerprint density at radius 1 is 1.29 bits per heavy atom. The van der Waals surface area contributed by atoms with Crippen molar-refractivity contribution in [1.29, 1.82) is 0 Å². The van der Waals surface area contributed by atoms with Gasteiger partial charge in [0.15, 0.2) is 0 Å². The summed E-state index contributed by atoms with van der Waals surface area (Å²) in [6, 6.07) is 0. The Kier molecular flexibility index (Phi) is 7.13. The van der Waals surface area contributed by atoms with Crippen molar-refractivity contribution in [1.82, 2.24) is 0 Å². The first-order valence-corrected chi connectivity index (χ1v) is 6.48. The Bertz CT molecular complexity index is 223. The maximum atomic E-state index is 10.3. The van der Waals surface area contributed by atoms with Gasteiger partial charge in [-0.2, -0.15) is 8.42 Å². The average Bonchev–Trinajstić information content (AvgIpc) is 2.09. The highest BCUT2D eigenvalue weighted by molar-refractivity contribution is 7.80. The fourth-order valence-corrected chi connectivity index (χ4v) is 1.63. The summed E-state index contributed by atoms with van der Waals surface area (Å²) in [6.45, 7) is 4.21. The van der Waals surface area contributed by atoms with Gasteiger partial charge in [-0.1, -0.05) is 39.5 Å². The van der Waals surface area contributed by atoms with Gasteiger partial charge in [-0.3, -0.25) is 4.55 Å². The fourth-order valence-electron chi connectivity index (χ4n) is 1.27. The predicted octanol–water partition coefficient (Wildman–Crippen LogP) is 2.41. The topological polar surface area (TPSA) is 63.6 Å². The van der Waals surface area contributed by atoms with Crippen molar-refractivity contribution in [3.63, 3.8) is 0 Å². The van der Waals surface area contributed by atoms with Crippen molar-refractivity contribution in [2.75, 3.05) is 6.61 Å². The Morgan fingerprint density at radius 2 is 1.93 bits per heavy atom. The van der Waals surface area contributed by atoms with Crippen molar-refractivity contribution < 1.29 is 17.2 Å². The molecule has 1 atom stereocenters. The third-order valence-electron chi connectivity index (χ3n) is 2.25. The van der Waals surface area contributed by atoms with Gasteiger partial charge in [0.05, 0.1) is 6.61 Å². The lowest BCUT2D eigenvalue weighted by atomic mass is 10.00. The summed E-state index contributed by atoms with van der Waals surface area (Å²) < 4.78 is 33.4. The van der Waals surface area contributed by atoms with Crippen LogP contribution in [-0.4, -0.2) is 19.6 Å². The minimum atomic E-state index is -4.26. The van der Waals surface area contributed by atoms with Gasteiger partial charge < -0.3 is 0 Å². The summed E-state index contributed by atoms with van der Waals surface area (Å²) >= 11 is 0. The zero-order valence-electron chi connectivity index (χ0n) is 8.90. The normalized spacial score (nSPS) is 14.2. The van der Waals surface area contributed by atoms with Crippen LogP contribution in [0.2, 0.25) is 0 Å². The second kappa shape index (κ2) is 7.20. The summed E-state index contributed by atoms with van der Waals surface area (Å²) in [5, 5.41) is 0. The van der Waals surface area contributed by atoms with E-state index in [0.717, 1.165) is 32.1 Å². The third-order valence-corrected chi connectivity index (χ3v) is 2.68. The molecule has 0 aliphatic heterocycles. The SMILES string of the molecule is CCCCCC(CC)COS(=O)(=O)O. The molecule has 0 aliphatic rings. The Hall–Kier alpha value is -0.130. The molecule has 0 radical (unpaired) electrons. The van der Waals surface area contributed by atoms with Crippen molar-refractivity contribution in [3.8, 4) is 0 Å². The molecule has 1 N–H and O–H groups in total. The Labute approximate surface area is 86.6 Å². The Morgan fingerprint density at radius 3 is 2.36 bits per heavy atom. The number of hydrogen-bond donors (Lipinski definition) is 1. The van der Waals surface area contributed by atoms with Crippen LogP contribution in [0.3, 0.4) is 0 Å².